The van der Waals surface area contributed by atoms with Gasteiger partial charge in [0.1, 0.15) is 11.5 Å². The molecule has 0 atom stereocenters. The number of benzene rings is 3. The standard InChI is InChI=1S/C38H44N6O4/c1-26(2)30-7-14-35(46)34(23-30)37-40-39-36(25-45)44(37)32-8-5-28(6-9-32)24-41-17-15-29(16-18-41)38(47)43-21-19-42(20-22-43)31-10-12-33(13-11-31)48-27(3)4/h5-14,23,25-26,29,46H,3,15-22,24H2,1-2,4H3. The van der Waals surface area contributed by atoms with Gasteiger partial charge in [0.05, 0.1) is 11.3 Å². The predicted molar refractivity (Wildman–Crippen MR) is 187 cm³/mol. The third-order valence-electron chi connectivity index (χ3n) is 9.34. The first-order valence-corrected chi connectivity index (χ1v) is 16.7. The van der Waals surface area contributed by atoms with Crippen molar-refractivity contribution >= 4 is 17.9 Å². The molecule has 1 aromatic heterocycles. The van der Waals surface area contributed by atoms with Gasteiger partial charge < -0.3 is 19.6 Å². The molecule has 3 heterocycles. The fraction of sp³-hybridized carbons (Fsp3) is 0.368. The molecule has 0 spiro atoms. The smallest absolute Gasteiger partial charge is 0.225 e. The molecule has 4 aromatic rings. The molecule has 3 aromatic carbocycles. The first-order valence-electron chi connectivity index (χ1n) is 16.7. The number of piperidine rings is 1. The molecule has 1 N–H and O–H groups in total. The van der Waals surface area contributed by atoms with Gasteiger partial charge in [-0.15, -0.1) is 10.2 Å². The van der Waals surface area contributed by atoms with Crippen LogP contribution in [0.1, 0.15) is 61.3 Å². The minimum atomic E-state index is 0.0632. The van der Waals surface area contributed by atoms with Crippen LogP contribution >= 0.6 is 0 Å². The third-order valence-corrected chi connectivity index (χ3v) is 9.34. The Balaban J connectivity index is 1.02. The van der Waals surface area contributed by atoms with Crippen molar-refractivity contribution in [2.24, 2.45) is 5.92 Å². The van der Waals surface area contributed by atoms with E-state index in [0.29, 0.717) is 23.4 Å². The Morgan fingerprint density at radius 3 is 2.23 bits per heavy atom. The summed E-state index contributed by atoms with van der Waals surface area (Å²) >= 11 is 0. The predicted octanol–water partition coefficient (Wildman–Crippen LogP) is 6.05. The maximum Gasteiger partial charge on any atom is 0.225 e. The number of amides is 1. The summed E-state index contributed by atoms with van der Waals surface area (Å²) in [5.41, 5.74) is 4.62. The van der Waals surface area contributed by atoms with Gasteiger partial charge in [-0.25, -0.2) is 0 Å². The number of ether oxygens (including phenoxy) is 1. The highest BCUT2D eigenvalue weighted by Gasteiger charge is 2.30. The number of aromatic hydroxyl groups is 1. The van der Waals surface area contributed by atoms with E-state index in [1.54, 1.807) is 10.6 Å². The Morgan fingerprint density at radius 1 is 0.938 bits per heavy atom. The zero-order chi connectivity index (χ0) is 33.8. The maximum atomic E-state index is 13.4. The molecule has 0 saturated carbocycles. The molecular weight excluding hydrogens is 604 g/mol. The van der Waals surface area contributed by atoms with E-state index in [9.17, 15) is 14.7 Å². The number of hydrogen-bond donors (Lipinski definition) is 1. The normalized spacial score (nSPS) is 15.9. The summed E-state index contributed by atoms with van der Waals surface area (Å²) < 4.78 is 7.26. The fourth-order valence-corrected chi connectivity index (χ4v) is 6.61. The molecule has 10 heteroatoms. The number of phenols is 1. The van der Waals surface area contributed by atoms with Crippen LogP contribution in [0, 0.1) is 5.92 Å². The number of phenolic OH excluding ortho intramolecular Hbond substituents is 1. The van der Waals surface area contributed by atoms with Gasteiger partial charge in [0.25, 0.3) is 0 Å². The summed E-state index contributed by atoms with van der Waals surface area (Å²) in [5.74, 6) is 2.73. The summed E-state index contributed by atoms with van der Waals surface area (Å²) in [6.07, 6.45) is 2.39. The Labute approximate surface area is 282 Å². The minimum absolute atomic E-state index is 0.0632. The molecule has 6 rings (SSSR count). The van der Waals surface area contributed by atoms with Gasteiger partial charge in [-0.2, -0.15) is 0 Å². The third kappa shape index (κ3) is 7.28. The number of likely N-dealkylation sites (tertiary alicyclic amines) is 1. The summed E-state index contributed by atoms with van der Waals surface area (Å²) in [6.45, 7) is 15.4. The summed E-state index contributed by atoms with van der Waals surface area (Å²) in [4.78, 5) is 32.1. The quantitative estimate of drug-likeness (QED) is 0.164. The zero-order valence-corrected chi connectivity index (χ0v) is 28.0. The van der Waals surface area contributed by atoms with Crippen molar-refractivity contribution in [1.82, 2.24) is 24.6 Å². The molecule has 0 unspecified atom stereocenters. The van der Waals surface area contributed by atoms with Crippen molar-refractivity contribution in [2.45, 2.75) is 46.1 Å². The topological polar surface area (TPSA) is 104 Å². The molecule has 0 aliphatic carbocycles. The second-order valence-corrected chi connectivity index (χ2v) is 13.1. The number of piperazine rings is 1. The Bertz CT molecular complexity index is 1750. The van der Waals surface area contributed by atoms with Gasteiger partial charge in [0, 0.05) is 50.0 Å². The van der Waals surface area contributed by atoms with Gasteiger partial charge in [0.15, 0.2) is 12.1 Å². The second kappa shape index (κ2) is 14.4. The SMILES string of the molecule is C=C(C)Oc1ccc(N2CCN(C(=O)C3CCN(Cc4ccc(-n5c(C=O)nnc5-c5cc(C(C)C)ccc5O)cc4)CC3)CC2)cc1. The van der Waals surface area contributed by atoms with E-state index in [1.165, 1.54) is 0 Å². The van der Waals surface area contributed by atoms with Crippen molar-refractivity contribution in [1.29, 1.82) is 0 Å². The first-order chi connectivity index (χ1) is 23.2. The number of nitrogens with zero attached hydrogens (tertiary/aromatic N) is 6. The fourth-order valence-electron chi connectivity index (χ4n) is 6.61. The van der Waals surface area contributed by atoms with Crippen LogP contribution < -0.4 is 9.64 Å². The highest BCUT2D eigenvalue weighted by molar-refractivity contribution is 5.79. The lowest BCUT2D eigenvalue weighted by Gasteiger charge is -2.39. The number of rotatable bonds is 10. The van der Waals surface area contributed by atoms with Crippen LogP contribution in [0.4, 0.5) is 5.69 Å². The van der Waals surface area contributed by atoms with Gasteiger partial charge in [-0.3, -0.25) is 19.1 Å². The van der Waals surface area contributed by atoms with E-state index in [0.717, 1.165) is 86.9 Å². The number of carbonyl (C=O) groups is 2. The number of aromatic nitrogens is 3. The summed E-state index contributed by atoms with van der Waals surface area (Å²) in [6, 6.07) is 21.5. The average Bonchev–Trinajstić information content (AvgIpc) is 3.53. The van der Waals surface area contributed by atoms with Crippen molar-refractivity contribution in [3.63, 3.8) is 0 Å². The first kappa shape index (κ1) is 33.0. The molecule has 2 saturated heterocycles. The van der Waals surface area contributed by atoms with E-state index in [1.807, 2.05) is 48.2 Å². The van der Waals surface area contributed by atoms with Gasteiger partial charge in [-0.05, 0) is 98.4 Å². The van der Waals surface area contributed by atoms with Crippen LogP contribution in [0.15, 0.2) is 79.1 Å². The molecule has 2 aliphatic heterocycles. The summed E-state index contributed by atoms with van der Waals surface area (Å²) in [7, 11) is 0. The van der Waals surface area contributed by atoms with E-state index < -0.39 is 0 Å². The zero-order valence-electron chi connectivity index (χ0n) is 28.0. The average molecular weight is 649 g/mol. The Morgan fingerprint density at radius 2 is 1.60 bits per heavy atom. The molecule has 250 valence electrons. The molecule has 10 nitrogen and oxygen atoms in total. The van der Waals surface area contributed by atoms with E-state index in [2.05, 4.69) is 64.7 Å². The van der Waals surface area contributed by atoms with Crippen LogP contribution in [-0.4, -0.2) is 81.1 Å². The molecule has 0 radical (unpaired) electrons. The van der Waals surface area contributed by atoms with E-state index >= 15 is 0 Å². The molecular formula is C38H44N6O4. The monoisotopic (exact) mass is 648 g/mol. The lowest BCUT2D eigenvalue weighted by atomic mass is 9.94. The molecule has 48 heavy (non-hydrogen) atoms. The number of anilines is 1. The van der Waals surface area contributed by atoms with Crippen molar-refractivity contribution < 1.29 is 19.4 Å². The van der Waals surface area contributed by atoms with Crippen molar-refractivity contribution in [3.8, 4) is 28.6 Å². The van der Waals surface area contributed by atoms with E-state index in [-0.39, 0.29) is 29.3 Å². The lowest BCUT2D eigenvalue weighted by Crippen LogP contribution is -2.51. The van der Waals surface area contributed by atoms with Crippen LogP contribution in [0.25, 0.3) is 17.1 Å². The highest BCUT2D eigenvalue weighted by atomic mass is 16.5. The van der Waals surface area contributed by atoms with Gasteiger partial charge >= 0.3 is 0 Å². The Kier molecular flexibility index (Phi) is 9.91. The van der Waals surface area contributed by atoms with Crippen LogP contribution in [-0.2, 0) is 11.3 Å². The molecule has 0 bridgehead atoms. The largest absolute Gasteiger partial charge is 0.507 e. The Hall–Kier alpha value is -4.96. The second-order valence-electron chi connectivity index (χ2n) is 13.1. The number of hydrogen-bond acceptors (Lipinski definition) is 8. The van der Waals surface area contributed by atoms with Crippen molar-refractivity contribution in [2.75, 3.05) is 44.2 Å². The summed E-state index contributed by atoms with van der Waals surface area (Å²) in [5, 5.41) is 19.0. The van der Waals surface area contributed by atoms with Crippen LogP contribution in [0.5, 0.6) is 11.5 Å². The van der Waals surface area contributed by atoms with E-state index in [4.69, 9.17) is 4.74 Å². The lowest BCUT2D eigenvalue weighted by molar-refractivity contribution is -0.137. The van der Waals surface area contributed by atoms with Crippen LogP contribution in [0.3, 0.4) is 0 Å². The minimum Gasteiger partial charge on any atom is -0.507 e. The maximum absolute atomic E-state index is 13.4. The number of allylic oxidation sites excluding steroid dienone is 1. The van der Waals surface area contributed by atoms with Crippen LogP contribution in [0.2, 0.25) is 0 Å². The number of carbonyl (C=O) groups excluding carboxylic acids is 2. The molecule has 2 fully saturated rings. The van der Waals surface area contributed by atoms with Crippen molar-refractivity contribution in [3.05, 3.63) is 96.0 Å². The molecule has 2 aliphatic rings. The molecule has 1 amide bonds. The highest BCUT2D eigenvalue weighted by Crippen LogP contribution is 2.33. The number of aldehydes is 1. The van der Waals surface area contributed by atoms with Gasteiger partial charge in [0.2, 0.25) is 11.7 Å². The van der Waals surface area contributed by atoms with Gasteiger partial charge in [-0.1, -0.05) is 38.6 Å².